The zero-order chi connectivity index (χ0) is 37.3. The van der Waals surface area contributed by atoms with E-state index in [2.05, 4.69) is 222 Å². The van der Waals surface area contributed by atoms with E-state index in [0.29, 0.717) is 0 Å². The van der Waals surface area contributed by atoms with Crippen molar-refractivity contribution < 1.29 is 0 Å². The molecule has 8 aromatic carbocycles. The lowest BCUT2D eigenvalue weighted by molar-refractivity contribution is 0.769. The van der Waals surface area contributed by atoms with Gasteiger partial charge < -0.3 is 4.90 Å². The van der Waals surface area contributed by atoms with Crippen LogP contribution in [0.2, 0.25) is 0 Å². The highest BCUT2D eigenvalue weighted by Gasteiger charge is 2.47. The van der Waals surface area contributed by atoms with Gasteiger partial charge in [-0.15, -0.1) is 0 Å². The Morgan fingerprint density at radius 3 is 1.36 bits per heavy atom. The van der Waals surface area contributed by atoms with Crippen molar-refractivity contribution in [3.63, 3.8) is 0 Å². The van der Waals surface area contributed by atoms with Gasteiger partial charge in [-0.1, -0.05) is 176 Å². The highest BCUT2D eigenvalue weighted by atomic mass is 15.1. The van der Waals surface area contributed by atoms with Gasteiger partial charge in [0.1, 0.15) is 0 Å². The first-order chi connectivity index (χ1) is 27.8. The van der Waals surface area contributed by atoms with Crippen LogP contribution in [-0.2, 0) is 5.41 Å². The van der Waals surface area contributed by atoms with Crippen molar-refractivity contribution in [3.05, 3.63) is 253 Å². The second-order valence-electron chi connectivity index (χ2n) is 14.3. The molecule has 1 heterocycles. The van der Waals surface area contributed by atoms with Gasteiger partial charge in [0.2, 0.25) is 0 Å². The predicted octanol–water partition coefficient (Wildman–Crippen LogP) is 13.9. The van der Waals surface area contributed by atoms with Crippen molar-refractivity contribution in [2.45, 2.75) is 5.41 Å². The first kappa shape index (κ1) is 33.3. The van der Waals surface area contributed by atoms with E-state index in [1.165, 1.54) is 55.6 Å². The maximum absolute atomic E-state index is 4.50. The van der Waals surface area contributed by atoms with E-state index < -0.39 is 5.41 Å². The van der Waals surface area contributed by atoms with E-state index in [-0.39, 0.29) is 0 Å². The highest BCUT2D eigenvalue weighted by molar-refractivity contribution is 5.98. The Labute approximate surface area is 328 Å². The maximum atomic E-state index is 4.50. The first-order valence-corrected chi connectivity index (χ1v) is 19.2. The number of hydrogen-bond donors (Lipinski definition) is 0. The first-order valence-electron chi connectivity index (χ1n) is 19.2. The Kier molecular flexibility index (Phi) is 8.42. The van der Waals surface area contributed by atoms with Crippen LogP contribution in [-0.4, -0.2) is 4.98 Å². The molecule has 0 unspecified atom stereocenters. The molecule has 0 bridgehead atoms. The third-order valence-electron chi connectivity index (χ3n) is 11.3. The number of rotatable bonds is 8. The monoisotopic (exact) mass is 714 g/mol. The number of hydrogen-bond acceptors (Lipinski definition) is 2. The number of benzene rings is 8. The van der Waals surface area contributed by atoms with Crippen LogP contribution >= 0.6 is 0 Å². The molecule has 9 aromatic rings. The van der Waals surface area contributed by atoms with Crippen LogP contribution in [0.25, 0.3) is 44.5 Å². The van der Waals surface area contributed by atoms with Crippen LogP contribution < -0.4 is 4.90 Å². The van der Waals surface area contributed by atoms with Gasteiger partial charge in [0, 0.05) is 29.3 Å². The van der Waals surface area contributed by atoms with Gasteiger partial charge >= 0.3 is 0 Å². The summed E-state index contributed by atoms with van der Waals surface area (Å²) in [7, 11) is 0. The summed E-state index contributed by atoms with van der Waals surface area (Å²) in [6.45, 7) is 0. The van der Waals surface area contributed by atoms with Gasteiger partial charge in [0.05, 0.1) is 11.1 Å². The Morgan fingerprint density at radius 2 is 0.839 bits per heavy atom. The van der Waals surface area contributed by atoms with Crippen molar-refractivity contribution in [3.8, 4) is 44.5 Å². The second-order valence-corrected chi connectivity index (χ2v) is 14.3. The van der Waals surface area contributed by atoms with Gasteiger partial charge in [-0.3, -0.25) is 4.98 Å². The van der Waals surface area contributed by atoms with Crippen molar-refractivity contribution in [2.75, 3.05) is 4.90 Å². The van der Waals surface area contributed by atoms with Crippen LogP contribution in [0.5, 0.6) is 0 Å². The summed E-state index contributed by atoms with van der Waals surface area (Å²) < 4.78 is 0. The van der Waals surface area contributed by atoms with Gasteiger partial charge in [0.15, 0.2) is 0 Å². The molecule has 264 valence electrons. The lowest BCUT2D eigenvalue weighted by Gasteiger charge is -2.34. The van der Waals surface area contributed by atoms with Crippen LogP contribution in [0.1, 0.15) is 22.3 Å². The quantitative estimate of drug-likeness (QED) is 0.156. The highest BCUT2D eigenvalue weighted by Crippen LogP contribution is 2.60. The molecule has 0 atom stereocenters. The molecule has 1 aliphatic carbocycles. The molecular formula is C54H38N2. The second kappa shape index (κ2) is 14.2. The molecule has 0 saturated heterocycles. The molecule has 0 saturated carbocycles. The minimum Gasteiger partial charge on any atom is -0.310 e. The van der Waals surface area contributed by atoms with Crippen LogP contribution in [0.4, 0.5) is 17.1 Å². The fraction of sp³-hybridized carbons (Fsp3) is 0.0185. The lowest BCUT2D eigenvalue weighted by atomic mass is 9.67. The molecule has 0 spiro atoms. The zero-order valence-corrected chi connectivity index (χ0v) is 30.8. The average Bonchev–Trinajstić information content (AvgIpc) is 3.59. The molecule has 10 rings (SSSR count). The van der Waals surface area contributed by atoms with Crippen LogP contribution in [0, 0.1) is 0 Å². The molecule has 2 heteroatoms. The standard InChI is InChI=1S/C54H38N2/c1-5-15-39(16-6-1)41-26-31-47(32-27-41)56(48-33-28-42(29-34-48)40-17-7-2-8-18-40)52-25-13-24-50-53(52)49-35-30-43(44-19-14-36-55-38-44)37-51(49)54(50,45-20-9-3-10-21-45)46-22-11-4-12-23-46/h1-38H. The summed E-state index contributed by atoms with van der Waals surface area (Å²) in [6, 6.07) is 79.3. The zero-order valence-electron chi connectivity index (χ0n) is 30.8. The van der Waals surface area contributed by atoms with Crippen LogP contribution in [0.3, 0.4) is 0 Å². The minimum absolute atomic E-state index is 0.568. The van der Waals surface area contributed by atoms with Gasteiger partial charge in [-0.25, -0.2) is 0 Å². The third-order valence-corrected chi connectivity index (χ3v) is 11.3. The SMILES string of the molecule is c1ccc(-c2ccc(N(c3ccc(-c4ccccc4)cc3)c3cccc4c3-c3ccc(-c5cccnc5)cc3C4(c3ccccc3)c3ccccc3)cc2)cc1. The molecule has 0 N–H and O–H groups in total. The fourth-order valence-corrected chi connectivity index (χ4v) is 8.71. The van der Waals surface area contributed by atoms with E-state index in [4.69, 9.17) is 0 Å². The summed E-state index contributed by atoms with van der Waals surface area (Å²) in [5.74, 6) is 0. The molecule has 2 nitrogen and oxygen atoms in total. The van der Waals surface area contributed by atoms with Crippen molar-refractivity contribution >= 4 is 17.1 Å². The van der Waals surface area contributed by atoms with E-state index in [9.17, 15) is 0 Å². The van der Waals surface area contributed by atoms with E-state index in [1.807, 2.05) is 18.5 Å². The normalized spacial score (nSPS) is 12.4. The Hall–Kier alpha value is -7.29. The van der Waals surface area contributed by atoms with Gasteiger partial charge in [-0.05, 0) is 104 Å². The summed E-state index contributed by atoms with van der Waals surface area (Å²) in [5.41, 5.74) is 17.2. The van der Waals surface area contributed by atoms with Crippen molar-refractivity contribution in [1.82, 2.24) is 4.98 Å². The summed E-state index contributed by atoms with van der Waals surface area (Å²) in [6.07, 6.45) is 3.80. The van der Waals surface area contributed by atoms with Crippen molar-refractivity contribution in [2.24, 2.45) is 0 Å². The fourth-order valence-electron chi connectivity index (χ4n) is 8.71. The van der Waals surface area contributed by atoms with Crippen LogP contribution in [0.15, 0.2) is 231 Å². The van der Waals surface area contributed by atoms with Gasteiger partial charge in [-0.2, -0.15) is 0 Å². The summed E-state index contributed by atoms with van der Waals surface area (Å²) in [4.78, 5) is 6.93. The van der Waals surface area contributed by atoms with E-state index in [1.54, 1.807) is 0 Å². The molecule has 0 fully saturated rings. The summed E-state index contributed by atoms with van der Waals surface area (Å²) >= 11 is 0. The molecule has 0 aliphatic heterocycles. The molecule has 1 aromatic heterocycles. The molecule has 0 radical (unpaired) electrons. The Morgan fingerprint density at radius 1 is 0.357 bits per heavy atom. The molecule has 0 amide bonds. The molecule has 1 aliphatic rings. The molecule has 56 heavy (non-hydrogen) atoms. The number of nitrogens with zero attached hydrogens (tertiary/aromatic N) is 2. The number of pyridine rings is 1. The van der Waals surface area contributed by atoms with E-state index >= 15 is 0 Å². The van der Waals surface area contributed by atoms with E-state index in [0.717, 1.165) is 28.2 Å². The average molecular weight is 715 g/mol. The lowest BCUT2D eigenvalue weighted by Crippen LogP contribution is -2.28. The predicted molar refractivity (Wildman–Crippen MR) is 233 cm³/mol. The Balaban J connectivity index is 1.24. The smallest absolute Gasteiger partial charge is 0.0714 e. The minimum atomic E-state index is -0.568. The summed E-state index contributed by atoms with van der Waals surface area (Å²) in [5, 5.41) is 0. The van der Waals surface area contributed by atoms with Crippen molar-refractivity contribution in [1.29, 1.82) is 0 Å². The number of fused-ring (bicyclic) bond motifs is 3. The molecular weight excluding hydrogens is 677 g/mol. The Bertz CT molecular complexity index is 2620. The largest absolute Gasteiger partial charge is 0.310 e. The van der Waals surface area contributed by atoms with Gasteiger partial charge in [0.25, 0.3) is 0 Å². The maximum Gasteiger partial charge on any atom is 0.0714 e. The third kappa shape index (κ3) is 5.63. The topological polar surface area (TPSA) is 16.1 Å². The number of aromatic nitrogens is 1. The number of anilines is 3.